The Labute approximate surface area is 63.4 Å². The summed E-state index contributed by atoms with van der Waals surface area (Å²) in [7, 11) is 0. The van der Waals surface area contributed by atoms with E-state index in [2.05, 4.69) is 11.8 Å². The molecular weight excluding hydrogens is 124 g/mol. The van der Waals surface area contributed by atoms with Crippen molar-refractivity contribution in [2.75, 3.05) is 13.2 Å². The molecule has 1 rings (SSSR count). The maximum Gasteiger partial charge on any atom is 0.0457 e. The third-order valence-electron chi connectivity index (χ3n) is 2.45. The van der Waals surface area contributed by atoms with Crippen LogP contribution >= 0.6 is 0 Å². The standard InChI is InChI=1S/C8H18N2/c1-2-8-5-3-4-6-10(8)7-9/h8H,2-7,9H2,1H3. The average Bonchev–Trinajstić information content (AvgIpc) is 2.04. The van der Waals surface area contributed by atoms with Crippen molar-refractivity contribution >= 4 is 0 Å². The summed E-state index contributed by atoms with van der Waals surface area (Å²) in [6.45, 7) is 4.21. The topological polar surface area (TPSA) is 29.3 Å². The molecule has 0 bridgehead atoms. The van der Waals surface area contributed by atoms with Crippen LogP contribution in [0.25, 0.3) is 0 Å². The van der Waals surface area contributed by atoms with Crippen LogP contribution in [0.15, 0.2) is 0 Å². The molecule has 2 nitrogen and oxygen atoms in total. The smallest absolute Gasteiger partial charge is 0.0457 e. The largest absolute Gasteiger partial charge is 0.318 e. The molecule has 2 heteroatoms. The van der Waals surface area contributed by atoms with Crippen LogP contribution in [0, 0.1) is 0 Å². The van der Waals surface area contributed by atoms with Crippen LogP contribution in [0.1, 0.15) is 32.6 Å². The molecule has 0 aromatic heterocycles. The molecule has 0 aliphatic carbocycles. The molecule has 0 radical (unpaired) electrons. The van der Waals surface area contributed by atoms with Gasteiger partial charge in [-0.1, -0.05) is 13.3 Å². The summed E-state index contributed by atoms with van der Waals surface area (Å²) in [6.07, 6.45) is 5.35. The second kappa shape index (κ2) is 3.94. The zero-order chi connectivity index (χ0) is 7.40. The molecule has 60 valence electrons. The minimum atomic E-state index is 0.749. The third kappa shape index (κ3) is 1.70. The van der Waals surface area contributed by atoms with Gasteiger partial charge in [0.25, 0.3) is 0 Å². The van der Waals surface area contributed by atoms with Gasteiger partial charge in [-0.2, -0.15) is 0 Å². The second-order valence-electron chi connectivity index (χ2n) is 3.05. The lowest BCUT2D eigenvalue weighted by Gasteiger charge is -2.33. The molecule has 1 fully saturated rings. The van der Waals surface area contributed by atoms with Crippen LogP contribution < -0.4 is 5.73 Å². The summed E-state index contributed by atoms with van der Waals surface area (Å²) in [6, 6.07) is 0.777. The van der Waals surface area contributed by atoms with Gasteiger partial charge in [-0.15, -0.1) is 0 Å². The first kappa shape index (κ1) is 8.02. The fraction of sp³-hybridized carbons (Fsp3) is 1.00. The Kier molecular flexibility index (Phi) is 3.16. The van der Waals surface area contributed by atoms with Gasteiger partial charge in [0.1, 0.15) is 0 Å². The highest BCUT2D eigenvalue weighted by Gasteiger charge is 2.18. The molecule has 10 heavy (non-hydrogen) atoms. The van der Waals surface area contributed by atoms with Crippen LogP contribution in [0.2, 0.25) is 0 Å². The lowest BCUT2D eigenvalue weighted by molar-refractivity contribution is 0.148. The van der Waals surface area contributed by atoms with E-state index >= 15 is 0 Å². The summed E-state index contributed by atoms with van der Waals surface area (Å²) in [4.78, 5) is 2.39. The fourth-order valence-electron chi connectivity index (χ4n) is 1.76. The molecule has 0 spiro atoms. The number of hydrogen-bond donors (Lipinski definition) is 1. The fourth-order valence-corrected chi connectivity index (χ4v) is 1.76. The van der Waals surface area contributed by atoms with Gasteiger partial charge in [0.15, 0.2) is 0 Å². The van der Waals surface area contributed by atoms with Crippen molar-refractivity contribution in [3.8, 4) is 0 Å². The predicted molar refractivity (Wildman–Crippen MR) is 43.7 cm³/mol. The monoisotopic (exact) mass is 142 g/mol. The van der Waals surface area contributed by atoms with E-state index < -0.39 is 0 Å². The van der Waals surface area contributed by atoms with E-state index in [4.69, 9.17) is 5.73 Å². The number of nitrogens with zero attached hydrogens (tertiary/aromatic N) is 1. The maximum absolute atomic E-state index is 5.60. The normalized spacial score (nSPS) is 28.8. The Morgan fingerprint density at radius 2 is 2.30 bits per heavy atom. The molecule has 1 heterocycles. The van der Waals surface area contributed by atoms with Crippen LogP contribution in [-0.4, -0.2) is 24.2 Å². The molecule has 0 aromatic rings. The Morgan fingerprint density at radius 1 is 1.50 bits per heavy atom. The highest BCUT2D eigenvalue weighted by molar-refractivity contribution is 4.73. The first-order chi connectivity index (χ1) is 4.88. The molecule has 0 amide bonds. The van der Waals surface area contributed by atoms with Crippen molar-refractivity contribution in [2.24, 2.45) is 5.73 Å². The highest BCUT2D eigenvalue weighted by atomic mass is 15.2. The molecule has 1 saturated heterocycles. The quantitative estimate of drug-likeness (QED) is 0.627. The lowest BCUT2D eigenvalue weighted by Crippen LogP contribution is -2.42. The van der Waals surface area contributed by atoms with Crippen molar-refractivity contribution < 1.29 is 0 Å². The summed E-state index contributed by atoms with van der Waals surface area (Å²) >= 11 is 0. The van der Waals surface area contributed by atoms with Crippen LogP contribution in [0.3, 0.4) is 0 Å². The van der Waals surface area contributed by atoms with E-state index in [1.807, 2.05) is 0 Å². The molecule has 1 aliphatic rings. The molecule has 0 saturated carbocycles. The van der Waals surface area contributed by atoms with Crippen molar-refractivity contribution in [2.45, 2.75) is 38.6 Å². The van der Waals surface area contributed by atoms with Gasteiger partial charge in [0.05, 0.1) is 0 Å². The minimum Gasteiger partial charge on any atom is -0.318 e. The van der Waals surface area contributed by atoms with Crippen LogP contribution in [0.4, 0.5) is 0 Å². The third-order valence-corrected chi connectivity index (χ3v) is 2.45. The molecule has 0 aromatic carbocycles. The van der Waals surface area contributed by atoms with E-state index in [9.17, 15) is 0 Å². The summed E-state index contributed by atoms with van der Waals surface area (Å²) < 4.78 is 0. The Bertz CT molecular complexity index is 81.3. The summed E-state index contributed by atoms with van der Waals surface area (Å²) in [5, 5.41) is 0. The maximum atomic E-state index is 5.60. The van der Waals surface area contributed by atoms with Crippen molar-refractivity contribution in [3.63, 3.8) is 0 Å². The van der Waals surface area contributed by atoms with E-state index in [0.29, 0.717) is 0 Å². The molecule has 1 unspecified atom stereocenters. The van der Waals surface area contributed by atoms with Gasteiger partial charge in [0, 0.05) is 12.7 Å². The van der Waals surface area contributed by atoms with E-state index in [0.717, 1.165) is 12.7 Å². The van der Waals surface area contributed by atoms with Crippen LogP contribution in [0.5, 0.6) is 0 Å². The first-order valence-corrected chi connectivity index (χ1v) is 4.32. The molecule has 1 aliphatic heterocycles. The zero-order valence-corrected chi connectivity index (χ0v) is 6.84. The molecular formula is C8H18N2. The Morgan fingerprint density at radius 3 is 2.80 bits per heavy atom. The van der Waals surface area contributed by atoms with Crippen molar-refractivity contribution in [3.05, 3.63) is 0 Å². The van der Waals surface area contributed by atoms with Crippen molar-refractivity contribution in [1.82, 2.24) is 4.90 Å². The van der Waals surface area contributed by atoms with E-state index in [1.54, 1.807) is 0 Å². The van der Waals surface area contributed by atoms with Crippen molar-refractivity contribution in [1.29, 1.82) is 0 Å². The highest BCUT2D eigenvalue weighted by Crippen LogP contribution is 2.17. The van der Waals surface area contributed by atoms with Gasteiger partial charge in [-0.3, -0.25) is 4.90 Å². The van der Waals surface area contributed by atoms with Gasteiger partial charge >= 0.3 is 0 Å². The van der Waals surface area contributed by atoms with Crippen LogP contribution in [-0.2, 0) is 0 Å². The average molecular weight is 142 g/mol. The van der Waals surface area contributed by atoms with Gasteiger partial charge in [-0.05, 0) is 25.8 Å². The van der Waals surface area contributed by atoms with E-state index in [-0.39, 0.29) is 0 Å². The second-order valence-corrected chi connectivity index (χ2v) is 3.05. The summed E-state index contributed by atoms with van der Waals surface area (Å²) in [5.74, 6) is 0. The summed E-state index contributed by atoms with van der Waals surface area (Å²) in [5.41, 5.74) is 5.60. The van der Waals surface area contributed by atoms with Gasteiger partial charge < -0.3 is 5.73 Å². The minimum absolute atomic E-state index is 0.749. The lowest BCUT2D eigenvalue weighted by atomic mass is 10.0. The SMILES string of the molecule is CCC1CCCCN1CN. The number of likely N-dealkylation sites (tertiary alicyclic amines) is 1. The van der Waals surface area contributed by atoms with E-state index in [1.165, 1.54) is 32.2 Å². The molecule has 1 atom stereocenters. The zero-order valence-electron chi connectivity index (χ0n) is 6.84. The number of hydrogen-bond acceptors (Lipinski definition) is 2. The first-order valence-electron chi connectivity index (χ1n) is 4.32. The molecule has 2 N–H and O–H groups in total. The number of nitrogens with two attached hydrogens (primary N) is 1. The predicted octanol–water partition coefficient (Wildman–Crippen LogP) is 1.17. The number of rotatable bonds is 2. The van der Waals surface area contributed by atoms with Gasteiger partial charge in [-0.25, -0.2) is 0 Å². The van der Waals surface area contributed by atoms with Gasteiger partial charge in [0.2, 0.25) is 0 Å². The Balaban J connectivity index is 2.34. The number of piperidine rings is 1. The Hall–Kier alpha value is -0.0800.